The fourth-order valence-corrected chi connectivity index (χ4v) is 3.01. The van der Waals surface area contributed by atoms with Gasteiger partial charge in [0.25, 0.3) is 5.91 Å². The van der Waals surface area contributed by atoms with Gasteiger partial charge in [0.15, 0.2) is 0 Å². The highest BCUT2D eigenvalue weighted by molar-refractivity contribution is 6.07. The first-order valence-corrected chi connectivity index (χ1v) is 7.73. The van der Waals surface area contributed by atoms with E-state index in [-0.39, 0.29) is 12.1 Å². The van der Waals surface area contributed by atoms with Gasteiger partial charge in [-0.25, -0.2) is 9.18 Å². The molecule has 2 heterocycles. The maximum Gasteiger partial charge on any atom is 0.325 e. The van der Waals surface area contributed by atoms with Gasteiger partial charge in [0.05, 0.1) is 24.4 Å². The summed E-state index contributed by atoms with van der Waals surface area (Å²) in [5, 5.41) is 16.0. The number of imide groups is 1. The molecule has 8 heteroatoms. The number of hydrogen-bond donors (Lipinski definition) is 1. The van der Waals surface area contributed by atoms with Gasteiger partial charge in [0.1, 0.15) is 11.4 Å². The molecule has 0 aliphatic carbocycles. The smallest absolute Gasteiger partial charge is 0.319 e. The molecule has 0 bridgehead atoms. The van der Waals surface area contributed by atoms with Crippen LogP contribution in [-0.4, -0.2) is 26.6 Å². The van der Waals surface area contributed by atoms with E-state index in [0.29, 0.717) is 17.5 Å². The van der Waals surface area contributed by atoms with Crippen LogP contribution in [0, 0.1) is 17.1 Å². The summed E-state index contributed by atoms with van der Waals surface area (Å²) in [7, 11) is 1.73. The second-order valence-electron chi connectivity index (χ2n) is 5.90. The van der Waals surface area contributed by atoms with Gasteiger partial charge >= 0.3 is 6.03 Å². The normalized spacial score (nSPS) is 19.8. The van der Waals surface area contributed by atoms with Crippen molar-refractivity contribution in [2.45, 2.75) is 25.4 Å². The number of benzene rings is 1. The molecule has 1 atom stereocenters. The van der Waals surface area contributed by atoms with E-state index >= 15 is 0 Å². The van der Waals surface area contributed by atoms with Crippen LogP contribution in [0.5, 0.6) is 0 Å². The van der Waals surface area contributed by atoms with Gasteiger partial charge in [0.2, 0.25) is 0 Å². The Balaban J connectivity index is 1.96. The summed E-state index contributed by atoms with van der Waals surface area (Å²) in [5.74, 6) is -0.961. The SMILES string of the molecule is CCC1(c2cnn(C)c2)NC(=O)N(Cc2ccc(F)cc2C#N)C1=O. The fourth-order valence-electron chi connectivity index (χ4n) is 3.01. The third kappa shape index (κ3) is 2.63. The Labute approximate surface area is 143 Å². The summed E-state index contributed by atoms with van der Waals surface area (Å²) >= 11 is 0. The third-order valence-electron chi connectivity index (χ3n) is 4.42. The van der Waals surface area contributed by atoms with E-state index in [0.717, 1.165) is 11.0 Å². The lowest BCUT2D eigenvalue weighted by Gasteiger charge is -2.24. The average molecular weight is 341 g/mol. The Bertz CT molecular complexity index is 901. The number of nitrogens with one attached hydrogen (secondary N) is 1. The molecule has 0 saturated carbocycles. The van der Waals surface area contributed by atoms with E-state index in [1.807, 2.05) is 6.07 Å². The van der Waals surface area contributed by atoms with E-state index < -0.39 is 23.3 Å². The van der Waals surface area contributed by atoms with Gasteiger partial charge in [-0.15, -0.1) is 0 Å². The van der Waals surface area contributed by atoms with Crippen molar-refractivity contribution in [3.63, 3.8) is 0 Å². The molecule has 128 valence electrons. The number of urea groups is 1. The Morgan fingerprint density at radius 3 is 2.76 bits per heavy atom. The molecular weight excluding hydrogens is 325 g/mol. The number of carbonyl (C=O) groups is 2. The molecule has 2 aromatic rings. The van der Waals surface area contributed by atoms with Gasteiger partial charge in [0, 0.05) is 18.8 Å². The predicted molar refractivity (Wildman–Crippen MR) is 85.4 cm³/mol. The molecule has 1 unspecified atom stereocenters. The zero-order valence-electron chi connectivity index (χ0n) is 13.8. The molecule has 7 nitrogen and oxygen atoms in total. The van der Waals surface area contributed by atoms with Crippen LogP contribution in [0.25, 0.3) is 0 Å². The summed E-state index contributed by atoms with van der Waals surface area (Å²) in [6.07, 6.45) is 3.59. The lowest BCUT2D eigenvalue weighted by molar-refractivity contribution is -0.132. The number of aryl methyl sites for hydroxylation is 1. The van der Waals surface area contributed by atoms with Crippen molar-refractivity contribution in [1.82, 2.24) is 20.0 Å². The molecule has 1 N–H and O–H groups in total. The maximum atomic E-state index is 13.3. The summed E-state index contributed by atoms with van der Waals surface area (Å²) < 4.78 is 14.8. The number of aromatic nitrogens is 2. The molecule has 0 radical (unpaired) electrons. The van der Waals surface area contributed by atoms with Crippen LogP contribution in [-0.2, 0) is 23.9 Å². The summed E-state index contributed by atoms with van der Waals surface area (Å²) in [6.45, 7) is 1.70. The zero-order valence-corrected chi connectivity index (χ0v) is 13.8. The standard InChI is InChI=1S/C17H16FN5O2/c1-3-17(13-8-20-22(2)10-13)15(24)23(16(25)21-17)9-11-4-5-14(18)6-12(11)7-19/h4-6,8,10H,3,9H2,1-2H3,(H,21,25). The Morgan fingerprint density at radius 2 is 2.16 bits per heavy atom. The largest absolute Gasteiger partial charge is 0.325 e. The molecule has 1 fully saturated rings. The minimum absolute atomic E-state index is 0.0935. The van der Waals surface area contributed by atoms with Gasteiger partial charge < -0.3 is 5.32 Å². The van der Waals surface area contributed by atoms with E-state index in [4.69, 9.17) is 5.26 Å². The summed E-state index contributed by atoms with van der Waals surface area (Å²) in [4.78, 5) is 26.5. The Hall–Kier alpha value is -3.21. The molecule has 1 aliphatic rings. The number of nitrogens with zero attached hydrogens (tertiary/aromatic N) is 4. The number of hydrogen-bond acceptors (Lipinski definition) is 4. The first kappa shape index (κ1) is 16.6. The van der Waals surface area contributed by atoms with Crippen LogP contribution in [0.2, 0.25) is 0 Å². The second kappa shape index (κ2) is 6.02. The third-order valence-corrected chi connectivity index (χ3v) is 4.42. The molecular formula is C17H16FN5O2. The average Bonchev–Trinajstić information content (AvgIpc) is 3.13. The van der Waals surface area contributed by atoms with Crippen LogP contribution < -0.4 is 5.32 Å². The summed E-state index contributed by atoms with van der Waals surface area (Å²) in [6, 6.07) is 5.02. The molecule has 0 spiro atoms. The van der Waals surface area contributed by atoms with Crippen molar-refractivity contribution < 1.29 is 14.0 Å². The number of amides is 3. The van der Waals surface area contributed by atoms with Gasteiger partial charge in [-0.3, -0.25) is 14.4 Å². The monoisotopic (exact) mass is 341 g/mol. The van der Waals surface area contributed by atoms with E-state index in [1.54, 1.807) is 31.0 Å². The number of halogens is 1. The second-order valence-corrected chi connectivity index (χ2v) is 5.90. The topological polar surface area (TPSA) is 91.0 Å². The van der Waals surface area contributed by atoms with E-state index in [2.05, 4.69) is 10.4 Å². The van der Waals surface area contributed by atoms with Crippen LogP contribution >= 0.6 is 0 Å². The lowest BCUT2D eigenvalue weighted by atomic mass is 9.89. The first-order chi connectivity index (χ1) is 11.9. The van der Waals surface area contributed by atoms with Gasteiger partial charge in [-0.1, -0.05) is 13.0 Å². The highest BCUT2D eigenvalue weighted by atomic mass is 19.1. The molecule has 1 aromatic carbocycles. The minimum atomic E-state index is -1.18. The molecule has 3 rings (SSSR count). The van der Waals surface area contributed by atoms with E-state index in [1.165, 1.54) is 12.1 Å². The van der Waals surface area contributed by atoms with Crippen molar-refractivity contribution in [1.29, 1.82) is 5.26 Å². The maximum absolute atomic E-state index is 13.3. The van der Waals surface area contributed by atoms with Crippen molar-refractivity contribution in [3.8, 4) is 6.07 Å². The van der Waals surface area contributed by atoms with Crippen molar-refractivity contribution >= 4 is 11.9 Å². The van der Waals surface area contributed by atoms with Crippen molar-refractivity contribution in [3.05, 3.63) is 53.1 Å². The first-order valence-electron chi connectivity index (χ1n) is 7.73. The molecule has 1 saturated heterocycles. The van der Waals surface area contributed by atoms with Crippen LogP contribution in [0.3, 0.4) is 0 Å². The van der Waals surface area contributed by atoms with Gasteiger partial charge in [-0.05, 0) is 24.1 Å². The predicted octanol–water partition coefficient (Wildman–Crippen LogP) is 1.79. The zero-order chi connectivity index (χ0) is 18.2. The molecule has 25 heavy (non-hydrogen) atoms. The Kier molecular flexibility index (Phi) is 4.00. The molecule has 3 amide bonds. The Morgan fingerprint density at radius 1 is 1.40 bits per heavy atom. The molecule has 1 aromatic heterocycles. The van der Waals surface area contributed by atoms with Crippen molar-refractivity contribution in [2.24, 2.45) is 7.05 Å². The lowest BCUT2D eigenvalue weighted by Crippen LogP contribution is -2.43. The van der Waals surface area contributed by atoms with Crippen LogP contribution in [0.15, 0.2) is 30.6 Å². The van der Waals surface area contributed by atoms with E-state index in [9.17, 15) is 14.0 Å². The van der Waals surface area contributed by atoms with Gasteiger partial charge in [-0.2, -0.15) is 10.4 Å². The molecule has 1 aliphatic heterocycles. The number of carbonyl (C=O) groups excluding carboxylic acids is 2. The fraction of sp³-hybridized carbons (Fsp3) is 0.294. The minimum Gasteiger partial charge on any atom is -0.319 e. The highest BCUT2D eigenvalue weighted by Gasteiger charge is 2.51. The highest BCUT2D eigenvalue weighted by Crippen LogP contribution is 2.33. The van der Waals surface area contributed by atoms with Crippen LogP contribution in [0.1, 0.15) is 30.0 Å². The van der Waals surface area contributed by atoms with Crippen LogP contribution in [0.4, 0.5) is 9.18 Å². The van der Waals surface area contributed by atoms with Crippen molar-refractivity contribution in [2.75, 3.05) is 0 Å². The summed E-state index contributed by atoms with van der Waals surface area (Å²) in [5.41, 5.74) is -0.0857. The quantitative estimate of drug-likeness (QED) is 0.858. The number of nitriles is 1. The number of rotatable bonds is 4.